The second-order valence-electron chi connectivity index (χ2n) is 5.03. The molecule has 1 N–H and O–H groups in total. The lowest BCUT2D eigenvalue weighted by Gasteiger charge is -2.22. The van der Waals surface area contributed by atoms with Crippen molar-refractivity contribution >= 4 is 27.6 Å². The third kappa shape index (κ3) is 3.76. The van der Waals surface area contributed by atoms with Crippen LogP contribution in [0.5, 0.6) is 0 Å². The van der Waals surface area contributed by atoms with E-state index in [1.54, 1.807) is 4.57 Å². The first-order valence-electron chi connectivity index (χ1n) is 6.95. The van der Waals surface area contributed by atoms with Crippen LogP contribution in [0.3, 0.4) is 0 Å². The molecule has 1 atom stereocenters. The third-order valence-electron chi connectivity index (χ3n) is 3.38. The lowest BCUT2D eigenvalue weighted by atomic mass is 10.2. The summed E-state index contributed by atoms with van der Waals surface area (Å²) in [4.78, 5) is 10.7. The molecule has 0 aliphatic carbocycles. The average molecular weight is 333 g/mol. The number of carboxylic acid groups (broad SMARTS) is 1. The van der Waals surface area contributed by atoms with Crippen molar-refractivity contribution in [3.63, 3.8) is 0 Å². The molecule has 0 radical (unpaired) electrons. The van der Waals surface area contributed by atoms with E-state index in [1.165, 1.54) is 0 Å². The molecule has 1 aliphatic rings. The molecule has 0 saturated carbocycles. The molecule has 0 bridgehead atoms. The first kappa shape index (κ1) is 16.3. The summed E-state index contributed by atoms with van der Waals surface area (Å²) in [7, 11) is -3.18. The molecular weight excluding hydrogens is 314 g/mol. The smallest absolute Gasteiger partial charge is 0.313 e. The fraction of sp³-hybridized carbons (Fsp3) is 0.750. The van der Waals surface area contributed by atoms with Gasteiger partial charge in [0.1, 0.15) is 5.25 Å². The standard InChI is InChI=1S/C12H19N3O4S2/c1-2-6-15-11(9-5-3-4-7-21(9,18)19)13-14-12(15)20-8-10(16)17/h9H,2-8H2,1H3,(H,16,17). The Balaban J connectivity index is 2.32. The topological polar surface area (TPSA) is 102 Å². The predicted octanol–water partition coefficient (Wildman–Crippen LogP) is 1.50. The van der Waals surface area contributed by atoms with Crippen LogP contribution in [-0.4, -0.2) is 45.8 Å². The number of sulfone groups is 1. The number of hydrogen-bond donors (Lipinski definition) is 1. The number of rotatable bonds is 6. The van der Waals surface area contributed by atoms with Gasteiger partial charge in [-0.2, -0.15) is 0 Å². The molecule has 1 fully saturated rings. The summed E-state index contributed by atoms with van der Waals surface area (Å²) in [6.45, 7) is 2.57. The maximum atomic E-state index is 12.2. The summed E-state index contributed by atoms with van der Waals surface area (Å²) < 4.78 is 26.2. The van der Waals surface area contributed by atoms with E-state index >= 15 is 0 Å². The fourth-order valence-electron chi connectivity index (χ4n) is 2.45. The highest BCUT2D eigenvalue weighted by molar-refractivity contribution is 7.99. The summed E-state index contributed by atoms with van der Waals surface area (Å²) in [5.41, 5.74) is 0. The number of aliphatic carboxylic acids is 1. The van der Waals surface area contributed by atoms with E-state index in [0.29, 0.717) is 30.4 Å². The molecular formula is C12H19N3O4S2. The zero-order valence-corrected chi connectivity index (χ0v) is 13.5. The van der Waals surface area contributed by atoms with Crippen LogP contribution in [0.2, 0.25) is 0 Å². The molecule has 21 heavy (non-hydrogen) atoms. The molecule has 1 aromatic heterocycles. The molecule has 0 aromatic carbocycles. The van der Waals surface area contributed by atoms with Gasteiger partial charge < -0.3 is 9.67 Å². The lowest BCUT2D eigenvalue weighted by Crippen LogP contribution is -2.24. The summed E-state index contributed by atoms with van der Waals surface area (Å²) in [6.07, 6.45) is 2.92. The van der Waals surface area contributed by atoms with Crippen molar-refractivity contribution in [2.24, 2.45) is 0 Å². The molecule has 1 saturated heterocycles. The van der Waals surface area contributed by atoms with Gasteiger partial charge in [-0.15, -0.1) is 10.2 Å². The van der Waals surface area contributed by atoms with Gasteiger partial charge in [0.2, 0.25) is 0 Å². The molecule has 2 rings (SSSR count). The maximum absolute atomic E-state index is 12.2. The van der Waals surface area contributed by atoms with Crippen LogP contribution < -0.4 is 0 Å². The molecule has 7 nitrogen and oxygen atoms in total. The summed E-state index contributed by atoms with van der Waals surface area (Å²) in [5, 5.41) is 16.7. The SMILES string of the molecule is CCCn1c(SCC(=O)O)nnc1C1CCCCS1(=O)=O. The predicted molar refractivity (Wildman–Crippen MR) is 79.1 cm³/mol. The van der Waals surface area contributed by atoms with Crippen molar-refractivity contribution in [3.05, 3.63) is 5.82 Å². The van der Waals surface area contributed by atoms with Crippen LogP contribution in [0.1, 0.15) is 43.7 Å². The van der Waals surface area contributed by atoms with Gasteiger partial charge in [0.25, 0.3) is 0 Å². The van der Waals surface area contributed by atoms with E-state index in [1.807, 2.05) is 6.92 Å². The average Bonchev–Trinajstić information content (AvgIpc) is 2.79. The lowest BCUT2D eigenvalue weighted by molar-refractivity contribution is -0.133. The van der Waals surface area contributed by atoms with E-state index < -0.39 is 21.1 Å². The monoisotopic (exact) mass is 333 g/mol. The Labute approximate surface area is 128 Å². The number of carboxylic acids is 1. The second kappa shape index (κ2) is 6.78. The Bertz CT molecular complexity index is 612. The van der Waals surface area contributed by atoms with Crippen LogP contribution >= 0.6 is 11.8 Å². The second-order valence-corrected chi connectivity index (χ2v) is 8.27. The van der Waals surface area contributed by atoms with Gasteiger partial charge in [-0.1, -0.05) is 25.1 Å². The largest absolute Gasteiger partial charge is 0.481 e. The number of carbonyl (C=O) groups is 1. The van der Waals surface area contributed by atoms with Crippen LogP contribution in [-0.2, 0) is 21.2 Å². The van der Waals surface area contributed by atoms with Gasteiger partial charge in [0.15, 0.2) is 20.8 Å². The zero-order chi connectivity index (χ0) is 15.5. The van der Waals surface area contributed by atoms with Crippen LogP contribution in [0.15, 0.2) is 5.16 Å². The van der Waals surface area contributed by atoms with Gasteiger partial charge in [-0.05, 0) is 19.3 Å². The molecule has 1 unspecified atom stereocenters. The molecule has 1 aromatic rings. The van der Waals surface area contributed by atoms with Crippen molar-refractivity contribution in [1.29, 1.82) is 0 Å². The Morgan fingerprint density at radius 3 is 2.81 bits per heavy atom. The first-order valence-corrected chi connectivity index (χ1v) is 9.65. The normalized spacial score (nSPS) is 21.3. The number of thioether (sulfide) groups is 1. The van der Waals surface area contributed by atoms with Crippen LogP contribution in [0.25, 0.3) is 0 Å². The van der Waals surface area contributed by atoms with Crippen LogP contribution in [0.4, 0.5) is 0 Å². The molecule has 0 amide bonds. The van der Waals surface area contributed by atoms with Gasteiger partial charge in [-0.3, -0.25) is 4.79 Å². The van der Waals surface area contributed by atoms with Crippen molar-refractivity contribution in [1.82, 2.24) is 14.8 Å². The van der Waals surface area contributed by atoms with E-state index in [2.05, 4.69) is 10.2 Å². The maximum Gasteiger partial charge on any atom is 0.313 e. The molecule has 1 aliphatic heterocycles. The Morgan fingerprint density at radius 1 is 1.43 bits per heavy atom. The van der Waals surface area contributed by atoms with E-state index in [0.717, 1.165) is 24.6 Å². The molecule has 0 spiro atoms. The van der Waals surface area contributed by atoms with Crippen molar-refractivity contribution in [2.75, 3.05) is 11.5 Å². The Hall–Kier alpha value is -1.09. The summed E-state index contributed by atoms with van der Waals surface area (Å²) in [5.74, 6) is -0.393. The highest BCUT2D eigenvalue weighted by Gasteiger charge is 2.34. The van der Waals surface area contributed by atoms with Crippen molar-refractivity contribution < 1.29 is 18.3 Å². The van der Waals surface area contributed by atoms with E-state index in [-0.39, 0.29) is 11.5 Å². The highest BCUT2D eigenvalue weighted by atomic mass is 32.2. The quantitative estimate of drug-likeness (QED) is 0.787. The number of nitrogens with zero attached hydrogens (tertiary/aromatic N) is 3. The van der Waals surface area contributed by atoms with Crippen molar-refractivity contribution in [2.45, 2.75) is 49.6 Å². The third-order valence-corrected chi connectivity index (χ3v) is 6.51. The van der Waals surface area contributed by atoms with Gasteiger partial charge in [-0.25, -0.2) is 8.42 Å². The van der Waals surface area contributed by atoms with Crippen molar-refractivity contribution in [3.8, 4) is 0 Å². The highest BCUT2D eigenvalue weighted by Crippen LogP contribution is 2.34. The van der Waals surface area contributed by atoms with E-state index in [4.69, 9.17) is 5.11 Å². The minimum Gasteiger partial charge on any atom is -0.481 e. The molecule has 2 heterocycles. The zero-order valence-electron chi connectivity index (χ0n) is 11.9. The fourth-order valence-corrected chi connectivity index (χ4v) is 5.05. The number of aromatic nitrogens is 3. The number of hydrogen-bond acceptors (Lipinski definition) is 6. The van der Waals surface area contributed by atoms with Crippen LogP contribution in [0, 0.1) is 0 Å². The van der Waals surface area contributed by atoms with Gasteiger partial charge in [0, 0.05) is 6.54 Å². The summed E-state index contributed by atoms with van der Waals surface area (Å²) in [6, 6.07) is 0. The first-order chi connectivity index (χ1) is 9.95. The molecule has 9 heteroatoms. The Morgan fingerprint density at radius 2 is 2.19 bits per heavy atom. The van der Waals surface area contributed by atoms with Gasteiger partial charge >= 0.3 is 5.97 Å². The summed E-state index contributed by atoms with van der Waals surface area (Å²) >= 11 is 1.08. The van der Waals surface area contributed by atoms with E-state index in [9.17, 15) is 13.2 Å². The molecule has 118 valence electrons. The Kier molecular flexibility index (Phi) is 5.26. The minimum atomic E-state index is -3.18. The van der Waals surface area contributed by atoms with Gasteiger partial charge in [0.05, 0.1) is 11.5 Å². The minimum absolute atomic E-state index is 0.112.